The van der Waals surface area contributed by atoms with Crippen molar-refractivity contribution in [3.05, 3.63) is 76.6 Å². The number of aromatic nitrogens is 1. The lowest BCUT2D eigenvalue weighted by Gasteiger charge is -2.49. The molecule has 2 saturated heterocycles. The molecule has 2 fully saturated rings. The predicted molar refractivity (Wildman–Crippen MR) is 140 cm³/mol. The van der Waals surface area contributed by atoms with Crippen LogP contribution in [0.25, 0.3) is 11.1 Å². The summed E-state index contributed by atoms with van der Waals surface area (Å²) in [5.74, 6) is -0.107. The highest BCUT2D eigenvalue weighted by molar-refractivity contribution is 6.10. The number of hydrogen-bond acceptors (Lipinski definition) is 4. The van der Waals surface area contributed by atoms with E-state index in [1.165, 1.54) is 11.1 Å². The molecule has 2 aliphatic heterocycles. The smallest absolute Gasteiger partial charge is 0.259 e. The highest BCUT2D eigenvalue weighted by Gasteiger charge is 2.40. The number of benzene rings is 2. The zero-order valence-electron chi connectivity index (χ0n) is 20.7. The first-order valence-corrected chi connectivity index (χ1v) is 12.2. The standard InChI is InChI=1S/C29H34N4O/c1-19-9-20(2)12-23(11-19)25-15-30-16-26(28(34)32-24-13-21(3)10-22(4)14-24)27(25)33-7-5-29(6-8-33)17-31-18-29/h9-16,31H,5-8,17-18H2,1-4H3,(H,32,34). The number of pyridine rings is 1. The van der Waals surface area contributed by atoms with Crippen LogP contribution in [0.2, 0.25) is 0 Å². The number of carbonyl (C=O) groups is 1. The fourth-order valence-electron chi connectivity index (χ4n) is 5.58. The summed E-state index contributed by atoms with van der Waals surface area (Å²) in [6.07, 6.45) is 5.95. The summed E-state index contributed by atoms with van der Waals surface area (Å²) in [5.41, 5.74) is 9.74. The first kappa shape index (κ1) is 22.6. The fourth-order valence-corrected chi connectivity index (χ4v) is 5.58. The molecule has 5 nitrogen and oxygen atoms in total. The molecule has 2 N–H and O–H groups in total. The van der Waals surface area contributed by atoms with E-state index in [9.17, 15) is 4.79 Å². The number of piperidine rings is 1. The molecule has 0 bridgehead atoms. The molecule has 1 spiro atoms. The Labute approximate surface area is 202 Å². The molecular formula is C29H34N4O. The molecule has 0 saturated carbocycles. The summed E-state index contributed by atoms with van der Waals surface area (Å²) in [7, 11) is 0. The number of carbonyl (C=O) groups excluding carboxylic acids is 1. The van der Waals surface area contributed by atoms with Gasteiger partial charge in [-0.2, -0.15) is 0 Å². The van der Waals surface area contributed by atoms with Crippen LogP contribution in [0.4, 0.5) is 11.4 Å². The van der Waals surface area contributed by atoms with Crippen molar-refractivity contribution in [2.75, 3.05) is 36.4 Å². The minimum Gasteiger partial charge on any atom is -0.370 e. The maximum absolute atomic E-state index is 13.6. The molecule has 3 heterocycles. The maximum atomic E-state index is 13.6. The van der Waals surface area contributed by atoms with Gasteiger partial charge in [0.1, 0.15) is 0 Å². The lowest BCUT2D eigenvalue weighted by molar-refractivity contribution is 0.102. The molecule has 5 rings (SSSR count). The SMILES string of the molecule is Cc1cc(C)cc(NC(=O)c2cncc(-c3cc(C)cc(C)c3)c2N2CCC3(CC2)CNC3)c1. The number of aryl methyl sites for hydroxylation is 4. The average Bonchev–Trinajstić information content (AvgIpc) is 2.76. The van der Waals surface area contributed by atoms with Crippen LogP contribution in [0.5, 0.6) is 0 Å². The van der Waals surface area contributed by atoms with Gasteiger partial charge < -0.3 is 15.5 Å². The highest BCUT2D eigenvalue weighted by Crippen LogP contribution is 2.41. The van der Waals surface area contributed by atoms with Gasteiger partial charge in [0.25, 0.3) is 5.91 Å². The van der Waals surface area contributed by atoms with Gasteiger partial charge in [0.15, 0.2) is 0 Å². The van der Waals surface area contributed by atoms with Crippen LogP contribution in [0, 0.1) is 33.1 Å². The van der Waals surface area contributed by atoms with E-state index in [1.807, 2.05) is 18.3 Å². The van der Waals surface area contributed by atoms with E-state index in [0.717, 1.165) is 72.6 Å². The maximum Gasteiger partial charge on any atom is 0.259 e. The quantitative estimate of drug-likeness (QED) is 0.552. The molecule has 0 radical (unpaired) electrons. The minimum atomic E-state index is -0.107. The number of rotatable bonds is 4. The zero-order chi connectivity index (χ0) is 23.9. The van der Waals surface area contributed by atoms with Crippen LogP contribution < -0.4 is 15.5 Å². The van der Waals surface area contributed by atoms with Crippen molar-refractivity contribution in [3.63, 3.8) is 0 Å². The van der Waals surface area contributed by atoms with Crippen molar-refractivity contribution in [2.45, 2.75) is 40.5 Å². The van der Waals surface area contributed by atoms with Gasteiger partial charge in [-0.25, -0.2) is 0 Å². The predicted octanol–water partition coefficient (Wildman–Crippen LogP) is 5.42. The molecule has 1 amide bonds. The first-order chi connectivity index (χ1) is 16.3. The van der Waals surface area contributed by atoms with Crippen molar-refractivity contribution in [3.8, 4) is 11.1 Å². The van der Waals surface area contributed by atoms with Crippen LogP contribution >= 0.6 is 0 Å². The Morgan fingerprint density at radius 2 is 1.47 bits per heavy atom. The second-order valence-electron chi connectivity index (χ2n) is 10.4. The summed E-state index contributed by atoms with van der Waals surface area (Å²) in [5, 5.41) is 6.59. The van der Waals surface area contributed by atoms with Crippen LogP contribution in [0.3, 0.4) is 0 Å². The second kappa shape index (κ2) is 8.88. The Kier molecular flexibility index (Phi) is 5.90. The Morgan fingerprint density at radius 1 is 0.882 bits per heavy atom. The molecule has 34 heavy (non-hydrogen) atoms. The molecule has 1 aromatic heterocycles. The molecule has 2 aromatic carbocycles. The molecule has 176 valence electrons. The summed E-state index contributed by atoms with van der Waals surface area (Å²) in [6, 6.07) is 12.7. The van der Waals surface area contributed by atoms with Gasteiger partial charge in [0, 0.05) is 49.8 Å². The third-order valence-electron chi connectivity index (χ3n) is 7.31. The summed E-state index contributed by atoms with van der Waals surface area (Å²) >= 11 is 0. The van der Waals surface area contributed by atoms with E-state index >= 15 is 0 Å². The second-order valence-corrected chi connectivity index (χ2v) is 10.4. The average molecular weight is 455 g/mol. The van der Waals surface area contributed by atoms with Crippen molar-refractivity contribution < 1.29 is 4.79 Å². The Balaban J connectivity index is 1.56. The molecular weight excluding hydrogens is 420 g/mol. The zero-order valence-corrected chi connectivity index (χ0v) is 20.7. The van der Waals surface area contributed by atoms with Gasteiger partial charge >= 0.3 is 0 Å². The first-order valence-electron chi connectivity index (χ1n) is 12.2. The van der Waals surface area contributed by atoms with Crippen LogP contribution in [0.1, 0.15) is 45.5 Å². The molecule has 2 aliphatic rings. The van der Waals surface area contributed by atoms with E-state index < -0.39 is 0 Å². The van der Waals surface area contributed by atoms with E-state index in [2.05, 4.69) is 72.5 Å². The third-order valence-corrected chi connectivity index (χ3v) is 7.31. The van der Waals surface area contributed by atoms with E-state index in [-0.39, 0.29) is 5.91 Å². The lowest BCUT2D eigenvalue weighted by atomic mass is 9.73. The lowest BCUT2D eigenvalue weighted by Crippen LogP contribution is -2.58. The van der Waals surface area contributed by atoms with Crippen LogP contribution in [-0.2, 0) is 0 Å². The topological polar surface area (TPSA) is 57.3 Å². The summed E-state index contributed by atoms with van der Waals surface area (Å²) < 4.78 is 0. The Hall–Kier alpha value is -3.18. The van der Waals surface area contributed by atoms with Gasteiger partial charge in [0.05, 0.1) is 11.3 Å². The van der Waals surface area contributed by atoms with Gasteiger partial charge in [-0.15, -0.1) is 0 Å². The molecule has 0 atom stereocenters. The van der Waals surface area contributed by atoms with E-state index in [1.54, 1.807) is 6.20 Å². The van der Waals surface area contributed by atoms with Crippen LogP contribution in [-0.4, -0.2) is 37.1 Å². The van der Waals surface area contributed by atoms with Crippen molar-refractivity contribution >= 4 is 17.3 Å². The largest absolute Gasteiger partial charge is 0.370 e. The number of anilines is 2. The fraction of sp³-hybridized carbons (Fsp3) is 0.379. The van der Waals surface area contributed by atoms with E-state index in [4.69, 9.17) is 0 Å². The minimum absolute atomic E-state index is 0.107. The molecule has 0 unspecified atom stereocenters. The third kappa shape index (κ3) is 4.45. The van der Waals surface area contributed by atoms with Gasteiger partial charge in [-0.3, -0.25) is 9.78 Å². The van der Waals surface area contributed by atoms with Crippen molar-refractivity contribution in [1.82, 2.24) is 10.3 Å². The van der Waals surface area contributed by atoms with Crippen molar-refractivity contribution in [2.24, 2.45) is 5.41 Å². The summed E-state index contributed by atoms with van der Waals surface area (Å²) in [4.78, 5) is 20.6. The molecule has 0 aliphatic carbocycles. The number of nitrogens with one attached hydrogen (secondary N) is 2. The summed E-state index contributed by atoms with van der Waals surface area (Å²) in [6.45, 7) is 12.5. The van der Waals surface area contributed by atoms with Crippen molar-refractivity contribution in [1.29, 1.82) is 0 Å². The van der Waals surface area contributed by atoms with Gasteiger partial charge in [0.2, 0.25) is 0 Å². The highest BCUT2D eigenvalue weighted by atomic mass is 16.1. The number of amides is 1. The molecule has 5 heteroatoms. The Bertz CT molecular complexity index is 1190. The van der Waals surface area contributed by atoms with Gasteiger partial charge in [-0.1, -0.05) is 35.4 Å². The van der Waals surface area contributed by atoms with E-state index in [0.29, 0.717) is 11.0 Å². The monoisotopic (exact) mass is 454 g/mol. The van der Waals surface area contributed by atoms with Crippen LogP contribution in [0.15, 0.2) is 48.8 Å². The Morgan fingerprint density at radius 3 is 2.03 bits per heavy atom. The normalized spacial score (nSPS) is 16.9. The van der Waals surface area contributed by atoms with Gasteiger partial charge in [-0.05, 0) is 74.8 Å². The number of nitrogens with zero attached hydrogens (tertiary/aromatic N) is 2. The molecule has 3 aromatic rings. The number of hydrogen-bond donors (Lipinski definition) is 2.